The number of nitrogens with zero attached hydrogens (tertiary/aromatic N) is 1. The average molecular weight is 329 g/mol. The maximum Gasteiger partial charge on any atom is 0.422 e. The molecule has 0 aliphatic carbocycles. The number of ether oxygens (including phenoxy) is 2. The molecule has 0 saturated carbocycles. The summed E-state index contributed by atoms with van der Waals surface area (Å²) in [6.45, 7) is -1.74. The first-order valence-corrected chi connectivity index (χ1v) is 6.41. The largest absolute Gasteiger partial charge is 0.468 e. The first-order valence-electron chi connectivity index (χ1n) is 6.41. The third kappa shape index (κ3) is 5.24. The normalized spacial score (nSPS) is 11.1. The number of rotatable bonds is 5. The highest BCUT2D eigenvalue weighted by Crippen LogP contribution is 2.17. The lowest BCUT2D eigenvalue weighted by Crippen LogP contribution is -2.19. The fraction of sp³-hybridized carbons (Fsp3) is 0.200. The summed E-state index contributed by atoms with van der Waals surface area (Å²) in [5.41, 5.74) is 0.222. The van der Waals surface area contributed by atoms with Crippen LogP contribution in [0.15, 0.2) is 42.6 Å². The van der Waals surface area contributed by atoms with Crippen molar-refractivity contribution in [2.45, 2.75) is 12.8 Å². The van der Waals surface area contributed by atoms with Crippen LogP contribution >= 0.6 is 0 Å². The van der Waals surface area contributed by atoms with Crippen LogP contribution in [0.5, 0.6) is 5.88 Å². The summed E-state index contributed by atoms with van der Waals surface area (Å²) in [6, 6.07) is 8.13. The van der Waals surface area contributed by atoms with Gasteiger partial charge in [-0.05, 0) is 12.1 Å². The Morgan fingerprint density at radius 3 is 2.48 bits per heavy atom. The summed E-state index contributed by atoms with van der Waals surface area (Å²) >= 11 is 0. The Morgan fingerprint density at radius 1 is 1.13 bits per heavy atom. The molecular weight excluding hydrogens is 318 g/mol. The van der Waals surface area contributed by atoms with Crippen molar-refractivity contribution in [2.24, 2.45) is 0 Å². The second-order valence-electron chi connectivity index (χ2n) is 4.46. The molecule has 0 saturated heterocycles. The number of alkyl halides is 3. The number of aromatic nitrogens is 1. The van der Waals surface area contributed by atoms with Crippen LogP contribution in [-0.4, -0.2) is 23.7 Å². The minimum absolute atomic E-state index is 0.0145. The SMILES string of the molecule is O=C(OCc1ccccc1F)c1ccc(OCC(F)(F)F)nc1. The van der Waals surface area contributed by atoms with Crippen molar-refractivity contribution in [3.05, 3.63) is 59.5 Å². The summed E-state index contributed by atoms with van der Waals surface area (Å²) < 4.78 is 58.6. The molecule has 0 amide bonds. The van der Waals surface area contributed by atoms with Gasteiger partial charge in [0, 0.05) is 17.8 Å². The van der Waals surface area contributed by atoms with Crippen LogP contribution in [0, 0.1) is 5.82 Å². The highest BCUT2D eigenvalue weighted by atomic mass is 19.4. The number of halogens is 4. The van der Waals surface area contributed by atoms with Gasteiger partial charge in [-0.2, -0.15) is 13.2 Å². The third-order valence-corrected chi connectivity index (χ3v) is 2.67. The van der Waals surface area contributed by atoms with E-state index in [0.717, 1.165) is 12.3 Å². The van der Waals surface area contributed by atoms with Crippen molar-refractivity contribution >= 4 is 5.97 Å². The predicted octanol–water partition coefficient (Wildman–Crippen LogP) is 3.52. The molecular formula is C15H11F4NO3. The van der Waals surface area contributed by atoms with Gasteiger partial charge < -0.3 is 9.47 Å². The number of esters is 1. The Hall–Kier alpha value is -2.64. The van der Waals surface area contributed by atoms with E-state index in [4.69, 9.17) is 4.74 Å². The van der Waals surface area contributed by atoms with Crippen LogP contribution in [0.4, 0.5) is 17.6 Å². The van der Waals surface area contributed by atoms with Gasteiger partial charge in [-0.15, -0.1) is 0 Å². The van der Waals surface area contributed by atoms with E-state index in [1.807, 2.05) is 0 Å². The van der Waals surface area contributed by atoms with Gasteiger partial charge >= 0.3 is 12.1 Å². The van der Waals surface area contributed by atoms with Crippen LogP contribution in [0.25, 0.3) is 0 Å². The summed E-state index contributed by atoms with van der Waals surface area (Å²) in [7, 11) is 0. The number of carbonyl (C=O) groups excluding carboxylic acids is 1. The Kier molecular flexibility index (Phi) is 5.15. The van der Waals surface area contributed by atoms with Gasteiger partial charge in [0.1, 0.15) is 12.4 Å². The Bertz CT molecular complexity index is 671. The molecule has 0 radical (unpaired) electrons. The van der Waals surface area contributed by atoms with Gasteiger partial charge in [-0.25, -0.2) is 14.2 Å². The van der Waals surface area contributed by atoms with E-state index in [1.54, 1.807) is 6.07 Å². The number of carbonyl (C=O) groups is 1. The first-order chi connectivity index (χ1) is 10.8. The number of hydrogen-bond acceptors (Lipinski definition) is 4. The Balaban J connectivity index is 1.91. The monoisotopic (exact) mass is 329 g/mol. The van der Waals surface area contributed by atoms with Crippen LogP contribution in [0.1, 0.15) is 15.9 Å². The lowest BCUT2D eigenvalue weighted by atomic mass is 10.2. The van der Waals surface area contributed by atoms with E-state index in [9.17, 15) is 22.4 Å². The number of pyridine rings is 1. The quantitative estimate of drug-likeness (QED) is 0.622. The van der Waals surface area contributed by atoms with Crippen LogP contribution < -0.4 is 4.74 Å². The Labute approximate surface area is 128 Å². The van der Waals surface area contributed by atoms with Crippen molar-refractivity contribution in [1.82, 2.24) is 4.98 Å². The summed E-state index contributed by atoms with van der Waals surface area (Å²) in [6.07, 6.45) is -3.45. The molecule has 0 aliphatic rings. The molecule has 4 nitrogen and oxygen atoms in total. The fourth-order valence-corrected chi connectivity index (χ4v) is 1.58. The molecule has 2 rings (SSSR count). The molecule has 1 heterocycles. The van der Waals surface area contributed by atoms with Gasteiger partial charge in [-0.1, -0.05) is 18.2 Å². The van der Waals surface area contributed by atoms with Crippen LogP contribution in [-0.2, 0) is 11.3 Å². The lowest BCUT2D eigenvalue weighted by molar-refractivity contribution is -0.154. The Morgan fingerprint density at radius 2 is 1.87 bits per heavy atom. The second-order valence-corrected chi connectivity index (χ2v) is 4.46. The highest BCUT2D eigenvalue weighted by molar-refractivity contribution is 5.89. The molecule has 0 atom stereocenters. The van der Waals surface area contributed by atoms with E-state index in [1.165, 1.54) is 24.3 Å². The van der Waals surface area contributed by atoms with Crippen molar-refractivity contribution in [2.75, 3.05) is 6.61 Å². The maximum absolute atomic E-state index is 13.4. The van der Waals surface area contributed by atoms with Crippen molar-refractivity contribution in [3.63, 3.8) is 0 Å². The van der Waals surface area contributed by atoms with Gasteiger partial charge in [0.25, 0.3) is 0 Å². The minimum atomic E-state index is -4.47. The lowest BCUT2D eigenvalue weighted by Gasteiger charge is -2.09. The van der Waals surface area contributed by atoms with Crippen LogP contribution in [0.2, 0.25) is 0 Å². The third-order valence-electron chi connectivity index (χ3n) is 2.67. The standard InChI is InChI=1S/C15H11F4NO3/c16-12-4-2-1-3-11(12)8-22-14(21)10-5-6-13(20-7-10)23-9-15(17,18)19/h1-7H,8-9H2. The topological polar surface area (TPSA) is 48.4 Å². The van der Waals surface area contributed by atoms with Gasteiger partial charge in [0.2, 0.25) is 5.88 Å². The molecule has 8 heteroatoms. The fourth-order valence-electron chi connectivity index (χ4n) is 1.58. The molecule has 1 aromatic carbocycles. The van der Waals surface area contributed by atoms with E-state index < -0.39 is 24.6 Å². The van der Waals surface area contributed by atoms with E-state index in [-0.39, 0.29) is 23.6 Å². The molecule has 0 aliphatic heterocycles. The maximum atomic E-state index is 13.4. The molecule has 0 N–H and O–H groups in total. The molecule has 0 unspecified atom stereocenters. The molecule has 122 valence electrons. The second kappa shape index (κ2) is 7.08. The van der Waals surface area contributed by atoms with E-state index in [2.05, 4.69) is 9.72 Å². The molecule has 2 aromatic rings. The van der Waals surface area contributed by atoms with Crippen molar-refractivity contribution in [1.29, 1.82) is 0 Å². The zero-order valence-electron chi connectivity index (χ0n) is 11.6. The van der Waals surface area contributed by atoms with Gasteiger partial charge in [0.05, 0.1) is 5.56 Å². The molecule has 1 aromatic heterocycles. The molecule has 23 heavy (non-hydrogen) atoms. The van der Waals surface area contributed by atoms with Crippen molar-refractivity contribution in [3.8, 4) is 5.88 Å². The minimum Gasteiger partial charge on any atom is -0.468 e. The van der Waals surface area contributed by atoms with Crippen molar-refractivity contribution < 1.29 is 31.8 Å². The number of hydrogen-bond donors (Lipinski definition) is 0. The smallest absolute Gasteiger partial charge is 0.422 e. The van der Waals surface area contributed by atoms with Gasteiger partial charge in [-0.3, -0.25) is 0 Å². The van der Waals surface area contributed by atoms with E-state index in [0.29, 0.717) is 0 Å². The number of benzene rings is 1. The average Bonchev–Trinajstić information content (AvgIpc) is 2.52. The van der Waals surface area contributed by atoms with Crippen LogP contribution in [0.3, 0.4) is 0 Å². The summed E-state index contributed by atoms with van der Waals surface area (Å²) in [5, 5.41) is 0. The van der Waals surface area contributed by atoms with Gasteiger partial charge in [0.15, 0.2) is 6.61 Å². The molecule has 0 spiro atoms. The summed E-state index contributed by atoms with van der Waals surface area (Å²) in [5.74, 6) is -1.55. The van der Waals surface area contributed by atoms with E-state index >= 15 is 0 Å². The zero-order valence-corrected chi connectivity index (χ0v) is 11.6. The zero-order chi connectivity index (χ0) is 16.9. The predicted molar refractivity (Wildman–Crippen MR) is 71.3 cm³/mol. The first kappa shape index (κ1) is 16.7. The summed E-state index contributed by atoms with van der Waals surface area (Å²) in [4.78, 5) is 15.3. The highest BCUT2D eigenvalue weighted by Gasteiger charge is 2.28. The molecule has 0 fully saturated rings. The molecule has 0 bridgehead atoms.